The molecule has 0 aliphatic carbocycles. The number of nitrogens with zero attached hydrogens (tertiary/aromatic N) is 2. The Morgan fingerprint density at radius 3 is 2.67 bits per heavy atom. The van der Waals surface area contributed by atoms with Gasteiger partial charge in [-0.3, -0.25) is 9.59 Å². The highest BCUT2D eigenvalue weighted by molar-refractivity contribution is 5.90. The highest BCUT2D eigenvalue weighted by atomic mass is 16.5. The molecule has 1 aromatic heterocycles. The molecule has 2 atom stereocenters. The smallest absolute Gasteiger partial charge is 0.231 e. The van der Waals surface area contributed by atoms with Crippen molar-refractivity contribution in [3.8, 4) is 0 Å². The average molecular weight is 370 g/mol. The van der Waals surface area contributed by atoms with E-state index < -0.39 is 12.1 Å². The van der Waals surface area contributed by atoms with Crippen LogP contribution in [-0.2, 0) is 22.4 Å². The van der Waals surface area contributed by atoms with Gasteiger partial charge in [0.1, 0.15) is 5.76 Å². The number of hydrogen-bond acceptors (Lipinski definition) is 5. The number of likely N-dealkylation sites (tertiary alicyclic amines) is 1. The summed E-state index contributed by atoms with van der Waals surface area (Å²) in [6.07, 6.45) is 0.670. The quantitative estimate of drug-likeness (QED) is 0.844. The number of carbonyl (C=O) groups excluding carboxylic acids is 2. The van der Waals surface area contributed by atoms with E-state index in [4.69, 9.17) is 4.52 Å². The molecule has 6 nitrogen and oxygen atoms in total. The Balaban J connectivity index is 1.62. The molecule has 1 saturated heterocycles. The minimum absolute atomic E-state index is 0.00752. The van der Waals surface area contributed by atoms with Gasteiger partial charge in [0.15, 0.2) is 5.78 Å². The summed E-state index contributed by atoms with van der Waals surface area (Å²) in [7, 11) is 0. The first kappa shape index (κ1) is 19.3. The number of aliphatic hydroxyl groups is 1. The van der Waals surface area contributed by atoms with E-state index in [1.54, 1.807) is 13.0 Å². The summed E-state index contributed by atoms with van der Waals surface area (Å²) in [6.45, 7) is 6.09. The molecule has 27 heavy (non-hydrogen) atoms. The third kappa shape index (κ3) is 4.63. The highest BCUT2D eigenvalue weighted by Gasteiger charge is 2.38. The fourth-order valence-electron chi connectivity index (χ4n) is 3.54. The Kier molecular flexibility index (Phi) is 5.75. The Labute approximate surface area is 159 Å². The van der Waals surface area contributed by atoms with Crippen molar-refractivity contribution in [3.05, 3.63) is 52.4 Å². The second kappa shape index (κ2) is 8.05. The fourth-order valence-corrected chi connectivity index (χ4v) is 3.54. The SMILES string of the molecule is Cc1cc(CC(=O)N2C[C@H](O)C[C@H]2C(=O)CCc2ccc(C)c(C)c2)on1. The van der Waals surface area contributed by atoms with Crippen molar-refractivity contribution in [3.63, 3.8) is 0 Å². The number of benzene rings is 1. The summed E-state index contributed by atoms with van der Waals surface area (Å²) in [5, 5.41) is 13.8. The zero-order valence-electron chi connectivity index (χ0n) is 16.1. The Bertz CT molecular complexity index is 842. The van der Waals surface area contributed by atoms with E-state index in [1.807, 2.05) is 6.07 Å². The normalized spacial score (nSPS) is 19.5. The van der Waals surface area contributed by atoms with Crippen LogP contribution < -0.4 is 0 Å². The van der Waals surface area contributed by atoms with Crippen molar-refractivity contribution in [2.24, 2.45) is 0 Å². The summed E-state index contributed by atoms with van der Waals surface area (Å²) < 4.78 is 5.10. The lowest BCUT2D eigenvalue weighted by molar-refractivity contribution is -0.137. The summed E-state index contributed by atoms with van der Waals surface area (Å²) >= 11 is 0. The van der Waals surface area contributed by atoms with E-state index in [9.17, 15) is 14.7 Å². The van der Waals surface area contributed by atoms with Crippen LogP contribution in [0.1, 0.15) is 41.0 Å². The van der Waals surface area contributed by atoms with Gasteiger partial charge in [-0.25, -0.2) is 0 Å². The Morgan fingerprint density at radius 2 is 2.00 bits per heavy atom. The number of rotatable bonds is 6. The van der Waals surface area contributed by atoms with Gasteiger partial charge in [-0.15, -0.1) is 0 Å². The number of aliphatic hydroxyl groups excluding tert-OH is 1. The maximum Gasteiger partial charge on any atom is 0.231 e. The van der Waals surface area contributed by atoms with Gasteiger partial charge in [-0.1, -0.05) is 23.4 Å². The molecule has 1 fully saturated rings. The molecule has 2 heterocycles. The lowest BCUT2D eigenvalue weighted by Gasteiger charge is -2.23. The number of aryl methyl sites for hydroxylation is 4. The fraction of sp³-hybridized carbons (Fsp3) is 0.476. The van der Waals surface area contributed by atoms with E-state index in [-0.39, 0.29) is 24.7 Å². The van der Waals surface area contributed by atoms with Gasteiger partial charge < -0.3 is 14.5 Å². The summed E-state index contributed by atoms with van der Waals surface area (Å²) in [6, 6.07) is 7.34. The lowest BCUT2D eigenvalue weighted by atomic mass is 9.99. The monoisotopic (exact) mass is 370 g/mol. The molecule has 0 radical (unpaired) electrons. The molecule has 2 aromatic rings. The molecule has 1 amide bonds. The first-order valence-electron chi connectivity index (χ1n) is 9.32. The number of ketones is 1. The van der Waals surface area contributed by atoms with Crippen LogP contribution in [0, 0.1) is 20.8 Å². The molecule has 1 N–H and O–H groups in total. The molecule has 1 aliphatic rings. The topological polar surface area (TPSA) is 83.6 Å². The van der Waals surface area contributed by atoms with Gasteiger partial charge in [0.2, 0.25) is 5.91 Å². The Morgan fingerprint density at radius 1 is 1.22 bits per heavy atom. The van der Waals surface area contributed by atoms with E-state index in [0.29, 0.717) is 30.7 Å². The van der Waals surface area contributed by atoms with E-state index in [1.165, 1.54) is 16.0 Å². The van der Waals surface area contributed by atoms with E-state index in [2.05, 4.69) is 31.1 Å². The third-order valence-corrected chi connectivity index (χ3v) is 5.20. The molecule has 0 unspecified atom stereocenters. The predicted molar refractivity (Wildman–Crippen MR) is 100 cm³/mol. The zero-order valence-corrected chi connectivity index (χ0v) is 16.1. The standard InChI is InChI=1S/C21H26N2O4/c1-13-4-5-16(8-14(13)2)6-7-20(25)19-10-17(24)12-23(19)21(26)11-18-9-15(3)22-27-18/h4-5,8-9,17,19,24H,6-7,10-12H2,1-3H3/t17-,19+/m1/s1. The van der Waals surface area contributed by atoms with Gasteiger partial charge in [-0.2, -0.15) is 0 Å². The highest BCUT2D eigenvalue weighted by Crippen LogP contribution is 2.22. The largest absolute Gasteiger partial charge is 0.391 e. The van der Waals surface area contributed by atoms with Crippen molar-refractivity contribution in [2.75, 3.05) is 6.54 Å². The first-order chi connectivity index (χ1) is 12.8. The van der Waals surface area contributed by atoms with Crippen LogP contribution in [0.25, 0.3) is 0 Å². The van der Waals surface area contributed by atoms with Crippen molar-refractivity contribution in [1.82, 2.24) is 10.1 Å². The van der Waals surface area contributed by atoms with Crippen molar-refractivity contribution in [2.45, 2.75) is 58.6 Å². The predicted octanol–water partition coefficient (Wildman–Crippen LogP) is 2.31. The van der Waals surface area contributed by atoms with Crippen molar-refractivity contribution < 1.29 is 19.2 Å². The molecule has 6 heteroatoms. The number of hydrogen-bond donors (Lipinski definition) is 1. The second-order valence-electron chi connectivity index (χ2n) is 7.45. The van der Waals surface area contributed by atoms with Gasteiger partial charge >= 0.3 is 0 Å². The summed E-state index contributed by atoms with van der Waals surface area (Å²) in [4.78, 5) is 26.9. The van der Waals surface area contributed by atoms with Crippen LogP contribution >= 0.6 is 0 Å². The minimum atomic E-state index is -0.666. The molecular weight excluding hydrogens is 344 g/mol. The number of carbonyl (C=O) groups is 2. The van der Waals surface area contributed by atoms with Crippen molar-refractivity contribution >= 4 is 11.7 Å². The van der Waals surface area contributed by atoms with Crippen molar-refractivity contribution in [1.29, 1.82) is 0 Å². The number of β-amino-alcohol motifs (C(OH)–C–C–N with tert-alkyl or cyclic N) is 1. The van der Waals surface area contributed by atoms with Crippen LogP contribution in [0.5, 0.6) is 0 Å². The van der Waals surface area contributed by atoms with Crippen LogP contribution in [0.3, 0.4) is 0 Å². The van der Waals surface area contributed by atoms with Crippen LogP contribution in [-0.4, -0.2) is 45.5 Å². The molecule has 0 bridgehead atoms. The molecule has 3 rings (SSSR count). The summed E-state index contributed by atoms with van der Waals surface area (Å²) in [5.41, 5.74) is 4.25. The molecule has 1 aromatic carbocycles. The average Bonchev–Trinajstić information content (AvgIpc) is 3.21. The second-order valence-corrected chi connectivity index (χ2v) is 7.45. The number of amides is 1. The maximum absolute atomic E-state index is 12.7. The zero-order chi connectivity index (χ0) is 19.6. The summed E-state index contributed by atoms with van der Waals surface area (Å²) in [5.74, 6) is 0.249. The van der Waals surface area contributed by atoms with Gasteiger partial charge in [0.25, 0.3) is 0 Å². The molecule has 1 aliphatic heterocycles. The first-order valence-corrected chi connectivity index (χ1v) is 9.32. The third-order valence-electron chi connectivity index (χ3n) is 5.20. The number of Topliss-reactive ketones (excluding diaryl/α,β-unsaturated/α-hetero) is 1. The molecule has 0 saturated carbocycles. The Hall–Kier alpha value is -2.47. The minimum Gasteiger partial charge on any atom is -0.391 e. The van der Waals surface area contributed by atoms with Gasteiger partial charge in [0.05, 0.1) is 24.3 Å². The van der Waals surface area contributed by atoms with Crippen LogP contribution in [0.4, 0.5) is 0 Å². The van der Waals surface area contributed by atoms with E-state index >= 15 is 0 Å². The maximum atomic E-state index is 12.7. The van der Waals surface area contributed by atoms with E-state index in [0.717, 1.165) is 5.56 Å². The molecule has 144 valence electrons. The molecule has 0 spiro atoms. The van der Waals surface area contributed by atoms with Gasteiger partial charge in [-0.05, 0) is 43.9 Å². The molecular formula is C21H26N2O4. The van der Waals surface area contributed by atoms with Gasteiger partial charge in [0, 0.05) is 25.5 Å². The number of aromatic nitrogens is 1. The van der Waals surface area contributed by atoms with Crippen LogP contribution in [0.15, 0.2) is 28.8 Å². The van der Waals surface area contributed by atoms with Crippen LogP contribution in [0.2, 0.25) is 0 Å². The lowest BCUT2D eigenvalue weighted by Crippen LogP contribution is -2.41.